The van der Waals surface area contributed by atoms with Crippen molar-refractivity contribution in [3.8, 4) is 11.8 Å². The van der Waals surface area contributed by atoms with Crippen LogP contribution in [0.4, 0.5) is 18.9 Å². The number of benzene rings is 2. The third kappa shape index (κ3) is 5.34. The lowest BCUT2D eigenvalue weighted by atomic mass is 10.0. The van der Waals surface area contributed by atoms with Crippen LogP contribution >= 0.6 is 11.6 Å². The molecule has 0 heterocycles. The molecule has 1 atom stereocenters. The molecule has 1 N–H and O–H groups in total. The molecule has 8 heteroatoms. The Morgan fingerprint density at radius 3 is 2.23 bits per heavy atom. The number of nitro benzene ring substituents is 1. The molecule has 0 amide bonds. The van der Waals surface area contributed by atoms with E-state index in [-0.39, 0.29) is 11.3 Å². The van der Waals surface area contributed by atoms with Crippen molar-refractivity contribution in [2.45, 2.75) is 12.3 Å². The normalized spacial score (nSPS) is 12.9. The first kappa shape index (κ1) is 19.5. The highest BCUT2D eigenvalue weighted by Gasteiger charge is 2.40. The fourth-order valence-corrected chi connectivity index (χ4v) is 2.04. The van der Waals surface area contributed by atoms with E-state index in [1.165, 1.54) is 36.4 Å². The molecule has 4 nitrogen and oxygen atoms in total. The largest absolute Gasteiger partial charge is 0.419 e. The van der Waals surface area contributed by atoms with Crippen LogP contribution < -0.4 is 0 Å². The molecule has 0 radical (unpaired) electrons. The lowest BCUT2D eigenvalue weighted by Crippen LogP contribution is -2.29. The van der Waals surface area contributed by atoms with Crippen LogP contribution in [0.5, 0.6) is 0 Å². The molecule has 0 saturated carbocycles. The van der Waals surface area contributed by atoms with Gasteiger partial charge in [0.05, 0.1) is 4.92 Å². The van der Waals surface area contributed by atoms with Gasteiger partial charge in [0.1, 0.15) is 0 Å². The summed E-state index contributed by atoms with van der Waals surface area (Å²) in [4.78, 5) is 10.0. The van der Waals surface area contributed by atoms with Crippen LogP contribution in [0.25, 0.3) is 6.08 Å². The van der Waals surface area contributed by atoms with E-state index in [2.05, 4.69) is 11.8 Å². The fourth-order valence-electron chi connectivity index (χ4n) is 1.91. The van der Waals surface area contributed by atoms with Gasteiger partial charge in [-0.2, -0.15) is 13.2 Å². The summed E-state index contributed by atoms with van der Waals surface area (Å²) < 4.78 is 38.7. The van der Waals surface area contributed by atoms with Crippen LogP contribution in [-0.2, 0) is 0 Å². The van der Waals surface area contributed by atoms with Gasteiger partial charge in [0, 0.05) is 28.3 Å². The fraction of sp³-hybridized carbons (Fsp3) is 0.111. The second kappa shape index (κ2) is 8.04. The first-order valence-electron chi connectivity index (χ1n) is 7.15. The Labute approximate surface area is 151 Å². The van der Waals surface area contributed by atoms with E-state index in [1.54, 1.807) is 0 Å². The maximum Gasteiger partial charge on any atom is 0.419 e. The Kier molecular flexibility index (Phi) is 6.03. The van der Waals surface area contributed by atoms with Crippen LogP contribution in [-0.4, -0.2) is 22.3 Å². The zero-order chi connectivity index (χ0) is 19.3. The quantitative estimate of drug-likeness (QED) is 0.480. The Morgan fingerprint density at radius 1 is 1.15 bits per heavy atom. The molecule has 2 rings (SSSR count). The highest BCUT2D eigenvalue weighted by Crippen LogP contribution is 2.27. The second-order valence-electron chi connectivity index (χ2n) is 5.15. The average molecular weight is 382 g/mol. The van der Waals surface area contributed by atoms with Crippen molar-refractivity contribution in [1.29, 1.82) is 0 Å². The Balaban J connectivity index is 2.41. The van der Waals surface area contributed by atoms with E-state index in [0.717, 1.165) is 18.2 Å². The van der Waals surface area contributed by atoms with Crippen LogP contribution in [0.2, 0.25) is 5.02 Å². The third-order valence-electron chi connectivity index (χ3n) is 3.23. The molecule has 0 aromatic heterocycles. The molecular weight excluding hydrogens is 371 g/mol. The van der Waals surface area contributed by atoms with E-state index >= 15 is 0 Å². The third-order valence-corrected chi connectivity index (χ3v) is 3.48. The van der Waals surface area contributed by atoms with Gasteiger partial charge in [0.15, 0.2) is 6.10 Å². The van der Waals surface area contributed by atoms with Crippen molar-refractivity contribution in [3.05, 3.63) is 80.4 Å². The summed E-state index contributed by atoms with van der Waals surface area (Å²) in [5.41, 5.74) is -0.133. The van der Waals surface area contributed by atoms with Crippen molar-refractivity contribution >= 4 is 23.4 Å². The Hall–Kier alpha value is -2.82. The van der Waals surface area contributed by atoms with Gasteiger partial charge in [0.2, 0.25) is 0 Å². The number of non-ortho nitro benzene ring substituents is 1. The van der Waals surface area contributed by atoms with Gasteiger partial charge >= 0.3 is 6.18 Å². The van der Waals surface area contributed by atoms with Crippen molar-refractivity contribution < 1.29 is 23.2 Å². The molecule has 26 heavy (non-hydrogen) atoms. The molecular formula is C18H11ClF3NO3. The monoisotopic (exact) mass is 381 g/mol. The zero-order valence-electron chi connectivity index (χ0n) is 13.0. The van der Waals surface area contributed by atoms with E-state index in [1.807, 2.05) is 0 Å². The maximum atomic E-state index is 12.9. The van der Waals surface area contributed by atoms with Gasteiger partial charge in [-0.15, -0.1) is 0 Å². The van der Waals surface area contributed by atoms with Crippen molar-refractivity contribution in [2.24, 2.45) is 0 Å². The number of halogens is 4. The number of rotatable bonds is 3. The summed E-state index contributed by atoms with van der Waals surface area (Å²) >= 11 is 5.73. The predicted molar refractivity (Wildman–Crippen MR) is 91.5 cm³/mol. The van der Waals surface area contributed by atoms with Gasteiger partial charge in [0.25, 0.3) is 5.69 Å². The highest BCUT2D eigenvalue weighted by atomic mass is 35.5. The minimum Gasteiger partial charge on any atom is -0.379 e. The smallest absolute Gasteiger partial charge is 0.379 e. The number of aliphatic hydroxyl groups excluding tert-OH is 1. The van der Waals surface area contributed by atoms with Gasteiger partial charge in [-0.3, -0.25) is 10.1 Å². The van der Waals surface area contributed by atoms with Crippen molar-refractivity contribution in [1.82, 2.24) is 0 Å². The lowest BCUT2D eigenvalue weighted by Gasteiger charge is -2.14. The van der Waals surface area contributed by atoms with E-state index < -0.39 is 22.8 Å². The summed E-state index contributed by atoms with van der Waals surface area (Å²) in [6, 6.07) is 11.0. The molecule has 0 aliphatic rings. The first-order valence-corrected chi connectivity index (χ1v) is 7.53. The Morgan fingerprint density at radius 2 is 1.73 bits per heavy atom. The SMILES string of the molecule is O=[N+]([O-])c1ccc(/C=C(\C#Cc2ccc(Cl)cc2)C(O)C(F)(F)F)cc1. The molecule has 0 spiro atoms. The van der Waals surface area contributed by atoms with Crippen molar-refractivity contribution in [3.63, 3.8) is 0 Å². The highest BCUT2D eigenvalue weighted by molar-refractivity contribution is 6.30. The van der Waals surface area contributed by atoms with Gasteiger partial charge < -0.3 is 5.11 Å². The molecule has 2 aromatic carbocycles. The number of hydrogen-bond donors (Lipinski definition) is 1. The maximum absolute atomic E-state index is 12.9. The number of alkyl halides is 3. The molecule has 1 unspecified atom stereocenters. The van der Waals surface area contributed by atoms with E-state index in [9.17, 15) is 28.4 Å². The van der Waals surface area contributed by atoms with Crippen LogP contribution in [0.15, 0.2) is 54.1 Å². The minimum atomic E-state index is -4.90. The van der Waals surface area contributed by atoms with Gasteiger partial charge in [-0.05, 0) is 48.0 Å². The molecule has 2 aromatic rings. The molecule has 0 saturated heterocycles. The van der Waals surface area contributed by atoms with Crippen LogP contribution in [0.3, 0.4) is 0 Å². The summed E-state index contributed by atoms with van der Waals surface area (Å²) in [5, 5.41) is 20.6. The number of hydrogen-bond acceptors (Lipinski definition) is 3. The number of nitro groups is 1. The number of aliphatic hydroxyl groups is 1. The van der Waals surface area contributed by atoms with Gasteiger partial charge in [-0.25, -0.2) is 0 Å². The van der Waals surface area contributed by atoms with Crippen molar-refractivity contribution in [2.75, 3.05) is 0 Å². The van der Waals surface area contributed by atoms with Crippen LogP contribution in [0.1, 0.15) is 11.1 Å². The minimum absolute atomic E-state index is 0.202. The predicted octanol–water partition coefficient (Wildman–Crippen LogP) is 4.61. The van der Waals surface area contributed by atoms with Gasteiger partial charge in [-0.1, -0.05) is 23.4 Å². The molecule has 0 aliphatic heterocycles. The van der Waals surface area contributed by atoms with Crippen LogP contribution in [0, 0.1) is 22.0 Å². The standard InChI is InChI=1S/C18H11ClF3NO3/c19-15-7-2-12(3-8-15)1-6-14(17(24)18(20,21)22)11-13-4-9-16(10-5-13)23(25)26/h2-5,7-11,17,24H/b14-11+. The molecule has 134 valence electrons. The molecule has 0 bridgehead atoms. The van der Waals surface area contributed by atoms with E-state index in [0.29, 0.717) is 10.6 Å². The Bertz CT molecular complexity index is 879. The summed E-state index contributed by atoms with van der Waals surface area (Å²) in [7, 11) is 0. The zero-order valence-corrected chi connectivity index (χ0v) is 13.8. The lowest BCUT2D eigenvalue weighted by molar-refractivity contribution is -0.384. The summed E-state index contributed by atoms with van der Waals surface area (Å²) in [6.07, 6.45) is -6.65. The molecule has 0 fully saturated rings. The molecule has 0 aliphatic carbocycles. The second-order valence-corrected chi connectivity index (χ2v) is 5.59. The summed E-state index contributed by atoms with van der Waals surface area (Å²) in [6.45, 7) is 0. The first-order chi connectivity index (χ1) is 12.2. The average Bonchev–Trinajstić information content (AvgIpc) is 2.59. The topological polar surface area (TPSA) is 63.4 Å². The summed E-state index contributed by atoms with van der Waals surface area (Å²) in [5.74, 6) is 4.84. The number of nitrogens with zero attached hydrogens (tertiary/aromatic N) is 1. The van der Waals surface area contributed by atoms with E-state index in [4.69, 9.17) is 11.6 Å².